The average molecular weight is 393 g/mol. The highest BCUT2D eigenvalue weighted by Crippen LogP contribution is 2.27. The Morgan fingerprint density at radius 3 is 2.69 bits per heavy atom. The first-order valence-electron chi connectivity index (χ1n) is 9.83. The number of hydrogen-bond donors (Lipinski definition) is 1. The van der Waals surface area contributed by atoms with Crippen LogP contribution >= 0.6 is 0 Å². The molecule has 0 fully saturated rings. The van der Waals surface area contributed by atoms with Crippen LogP contribution in [0.25, 0.3) is 28.2 Å². The Kier molecular flexibility index (Phi) is 6.89. The summed E-state index contributed by atoms with van der Waals surface area (Å²) in [7, 11) is 0. The normalized spacial score (nSPS) is 12.6. The Balaban J connectivity index is 1.82. The van der Waals surface area contributed by atoms with E-state index in [0.29, 0.717) is 5.69 Å². The molecule has 1 atom stereocenters. The molecule has 0 radical (unpaired) electrons. The number of pyridine rings is 1. The molecule has 3 aromatic rings. The van der Waals surface area contributed by atoms with Crippen LogP contribution in [0, 0.1) is 11.6 Å². The second-order valence-electron chi connectivity index (χ2n) is 7.22. The van der Waals surface area contributed by atoms with Crippen molar-refractivity contribution in [2.45, 2.75) is 38.7 Å². The number of rotatable bonds is 8. The molecule has 0 aliphatic rings. The van der Waals surface area contributed by atoms with E-state index in [0.717, 1.165) is 35.7 Å². The van der Waals surface area contributed by atoms with Gasteiger partial charge >= 0.3 is 0 Å². The summed E-state index contributed by atoms with van der Waals surface area (Å²) in [5.41, 5.74) is 2.62. The minimum atomic E-state index is -0.882. The van der Waals surface area contributed by atoms with Gasteiger partial charge in [-0.1, -0.05) is 36.4 Å². The number of hydrogen-bond acceptors (Lipinski definition) is 2. The summed E-state index contributed by atoms with van der Waals surface area (Å²) < 4.78 is 28.8. The van der Waals surface area contributed by atoms with Crippen LogP contribution in [-0.4, -0.2) is 16.2 Å². The first-order valence-corrected chi connectivity index (χ1v) is 9.83. The Morgan fingerprint density at radius 1 is 1.10 bits per heavy atom. The van der Waals surface area contributed by atoms with E-state index in [4.69, 9.17) is 0 Å². The van der Waals surface area contributed by atoms with Crippen molar-refractivity contribution >= 4 is 17.0 Å². The van der Waals surface area contributed by atoms with Crippen molar-refractivity contribution in [1.29, 1.82) is 0 Å². The summed E-state index contributed by atoms with van der Waals surface area (Å²) in [6.07, 6.45) is 8.35. The molecule has 2 nitrogen and oxygen atoms in total. The van der Waals surface area contributed by atoms with Crippen LogP contribution in [0.1, 0.15) is 37.3 Å². The summed E-state index contributed by atoms with van der Waals surface area (Å²) in [6, 6.07) is 12.6. The third-order valence-corrected chi connectivity index (χ3v) is 4.82. The van der Waals surface area contributed by atoms with Gasteiger partial charge in [0.1, 0.15) is 0 Å². The number of fused-ring (bicyclic) bond motifs is 1. The fourth-order valence-electron chi connectivity index (χ4n) is 3.25. The lowest BCUT2D eigenvalue weighted by Gasteiger charge is -2.08. The number of aromatic nitrogens is 1. The molecule has 0 aliphatic carbocycles. The van der Waals surface area contributed by atoms with E-state index in [2.05, 4.69) is 17.6 Å². The second kappa shape index (κ2) is 9.57. The largest absolute Gasteiger partial charge is 0.393 e. The van der Waals surface area contributed by atoms with Crippen LogP contribution in [0.15, 0.2) is 61.2 Å². The van der Waals surface area contributed by atoms with Gasteiger partial charge in [-0.25, -0.2) is 13.8 Å². The molecule has 0 bridgehead atoms. The van der Waals surface area contributed by atoms with Gasteiger partial charge in [0.05, 0.1) is 17.3 Å². The SMILES string of the molecule is C=CCc1ccc(-c2ccc3cc(/C=C/CCCC(C)O)ccc3n2)c(F)c1F. The number of benzene rings is 2. The van der Waals surface area contributed by atoms with Gasteiger partial charge in [0.2, 0.25) is 0 Å². The standard InChI is InChI=1S/C25H25F2NO/c1-3-7-19-11-13-21(25(27)24(19)26)23-15-12-20-16-18(10-14-22(20)28-23)9-6-4-5-8-17(2)29/h3,6,9-17,29H,1,4-5,7-8H2,2H3/b9-6+. The summed E-state index contributed by atoms with van der Waals surface area (Å²) in [6.45, 7) is 5.36. The number of aliphatic hydroxyl groups is 1. The van der Waals surface area contributed by atoms with Crippen LogP contribution in [0.3, 0.4) is 0 Å². The van der Waals surface area contributed by atoms with E-state index in [9.17, 15) is 13.9 Å². The minimum Gasteiger partial charge on any atom is -0.393 e. The van der Waals surface area contributed by atoms with Gasteiger partial charge in [0.15, 0.2) is 11.6 Å². The van der Waals surface area contributed by atoms with Crippen LogP contribution < -0.4 is 0 Å². The molecule has 0 saturated heterocycles. The molecular formula is C25H25F2NO. The molecule has 150 valence electrons. The zero-order chi connectivity index (χ0) is 20.8. The zero-order valence-corrected chi connectivity index (χ0v) is 16.5. The van der Waals surface area contributed by atoms with Crippen LogP contribution in [-0.2, 0) is 6.42 Å². The molecule has 4 heteroatoms. The number of nitrogens with zero attached hydrogens (tertiary/aromatic N) is 1. The molecule has 3 rings (SSSR count). The van der Waals surface area contributed by atoms with E-state index in [1.54, 1.807) is 31.2 Å². The van der Waals surface area contributed by atoms with Gasteiger partial charge in [-0.15, -0.1) is 6.58 Å². The third-order valence-electron chi connectivity index (χ3n) is 4.82. The quantitative estimate of drug-likeness (QED) is 0.351. The number of allylic oxidation sites excluding steroid dienone is 2. The fourth-order valence-corrected chi connectivity index (χ4v) is 3.25. The predicted octanol–water partition coefficient (Wildman–Crippen LogP) is 6.47. The van der Waals surface area contributed by atoms with Crippen molar-refractivity contribution in [3.63, 3.8) is 0 Å². The predicted molar refractivity (Wildman–Crippen MR) is 116 cm³/mol. The maximum atomic E-state index is 14.5. The lowest BCUT2D eigenvalue weighted by atomic mass is 10.0. The smallest absolute Gasteiger partial charge is 0.168 e. The lowest BCUT2D eigenvalue weighted by Crippen LogP contribution is -1.97. The summed E-state index contributed by atoms with van der Waals surface area (Å²) >= 11 is 0. The molecule has 1 unspecified atom stereocenters. The van der Waals surface area contributed by atoms with E-state index < -0.39 is 11.6 Å². The van der Waals surface area contributed by atoms with Gasteiger partial charge < -0.3 is 5.11 Å². The van der Waals surface area contributed by atoms with E-state index >= 15 is 0 Å². The molecule has 1 N–H and O–H groups in total. The first-order chi connectivity index (χ1) is 14.0. The number of aliphatic hydroxyl groups excluding tert-OH is 1. The lowest BCUT2D eigenvalue weighted by molar-refractivity contribution is 0.182. The molecule has 0 saturated carbocycles. The number of halogens is 2. The van der Waals surface area contributed by atoms with Crippen LogP contribution in [0.2, 0.25) is 0 Å². The fraction of sp³-hybridized carbons (Fsp3) is 0.240. The zero-order valence-electron chi connectivity index (χ0n) is 16.5. The summed E-state index contributed by atoms with van der Waals surface area (Å²) in [5, 5.41) is 10.2. The summed E-state index contributed by atoms with van der Waals surface area (Å²) in [4.78, 5) is 4.51. The molecule has 29 heavy (non-hydrogen) atoms. The van der Waals surface area contributed by atoms with E-state index in [1.807, 2.05) is 30.3 Å². The van der Waals surface area contributed by atoms with Gasteiger partial charge in [0.25, 0.3) is 0 Å². The molecule has 1 aromatic heterocycles. The molecular weight excluding hydrogens is 368 g/mol. The monoisotopic (exact) mass is 393 g/mol. The molecule has 1 heterocycles. The van der Waals surface area contributed by atoms with Gasteiger partial charge in [0, 0.05) is 10.9 Å². The maximum absolute atomic E-state index is 14.5. The summed E-state index contributed by atoms with van der Waals surface area (Å²) in [5.74, 6) is -1.73. The van der Waals surface area contributed by atoms with E-state index in [1.165, 1.54) is 0 Å². The maximum Gasteiger partial charge on any atom is 0.168 e. The van der Waals surface area contributed by atoms with Crippen molar-refractivity contribution in [2.75, 3.05) is 0 Å². The van der Waals surface area contributed by atoms with Crippen LogP contribution in [0.5, 0.6) is 0 Å². The van der Waals surface area contributed by atoms with E-state index in [-0.39, 0.29) is 23.7 Å². The Labute approximate surface area is 170 Å². The highest BCUT2D eigenvalue weighted by atomic mass is 19.2. The van der Waals surface area contributed by atoms with Crippen LogP contribution in [0.4, 0.5) is 8.78 Å². The van der Waals surface area contributed by atoms with Crippen molar-refractivity contribution < 1.29 is 13.9 Å². The number of unbranched alkanes of at least 4 members (excludes halogenated alkanes) is 1. The third kappa shape index (κ3) is 5.15. The molecule has 0 spiro atoms. The average Bonchev–Trinajstić information content (AvgIpc) is 2.71. The first kappa shape index (κ1) is 20.9. The van der Waals surface area contributed by atoms with Gasteiger partial charge in [-0.05, 0) is 68.0 Å². The van der Waals surface area contributed by atoms with Crippen molar-refractivity contribution in [3.05, 3.63) is 84.0 Å². The van der Waals surface area contributed by atoms with Gasteiger partial charge in [-0.2, -0.15) is 0 Å². The van der Waals surface area contributed by atoms with Crippen molar-refractivity contribution in [3.8, 4) is 11.3 Å². The Morgan fingerprint density at radius 2 is 1.93 bits per heavy atom. The minimum absolute atomic E-state index is 0.152. The van der Waals surface area contributed by atoms with Gasteiger partial charge in [-0.3, -0.25) is 0 Å². The highest BCUT2D eigenvalue weighted by Gasteiger charge is 2.15. The second-order valence-corrected chi connectivity index (χ2v) is 7.22. The Bertz CT molecular complexity index is 1040. The molecule has 0 aliphatic heterocycles. The highest BCUT2D eigenvalue weighted by molar-refractivity contribution is 5.83. The Hall–Kier alpha value is -2.85. The van der Waals surface area contributed by atoms with Crippen molar-refractivity contribution in [2.24, 2.45) is 0 Å². The van der Waals surface area contributed by atoms with Crippen molar-refractivity contribution in [1.82, 2.24) is 4.98 Å². The topological polar surface area (TPSA) is 33.1 Å². The molecule has 2 aromatic carbocycles. The molecule has 0 amide bonds.